The van der Waals surface area contributed by atoms with Gasteiger partial charge in [0, 0.05) is 12.1 Å². The molecule has 0 spiro atoms. The van der Waals surface area contributed by atoms with Crippen LogP contribution in [-0.4, -0.2) is 17.5 Å². The summed E-state index contributed by atoms with van der Waals surface area (Å²) in [4.78, 5) is 22.8. The first-order valence-electron chi connectivity index (χ1n) is 15.8. The average Bonchev–Trinajstić information content (AvgIpc) is 3.03. The number of azo groups is 1. The molecule has 0 bridgehead atoms. The van der Waals surface area contributed by atoms with Crippen molar-refractivity contribution in [3.05, 3.63) is 88.5 Å². The average molecular weight is 588 g/mol. The molecule has 0 radical (unpaired) electrons. The van der Waals surface area contributed by atoms with Gasteiger partial charge in [-0.15, -0.1) is 0 Å². The van der Waals surface area contributed by atoms with Gasteiger partial charge in [0.1, 0.15) is 11.5 Å². The highest BCUT2D eigenvalue weighted by Crippen LogP contribution is 2.24. The highest BCUT2D eigenvalue weighted by molar-refractivity contribution is 5.91. The Bertz CT molecular complexity index is 1240. The molecule has 8 heteroatoms. The Morgan fingerprint density at radius 2 is 1.07 bits per heavy atom. The van der Waals surface area contributed by atoms with Crippen LogP contribution in [0.15, 0.2) is 83.0 Å². The van der Waals surface area contributed by atoms with Gasteiger partial charge in [-0.3, -0.25) is 10.1 Å². The van der Waals surface area contributed by atoms with Crippen LogP contribution in [0.4, 0.5) is 17.1 Å². The molecule has 0 fully saturated rings. The number of benzene rings is 3. The predicted molar refractivity (Wildman–Crippen MR) is 171 cm³/mol. The Hall–Kier alpha value is -4.07. The van der Waals surface area contributed by atoms with Crippen LogP contribution in [0.2, 0.25) is 0 Å². The summed E-state index contributed by atoms with van der Waals surface area (Å²) in [7, 11) is 0. The van der Waals surface area contributed by atoms with Crippen molar-refractivity contribution in [1.29, 1.82) is 0 Å². The SMILES string of the molecule is CCCCCCCCCCCCCCCCOc1ccc(C(=O)Oc2ccc(N=Nc3ccc([N+](=O)[O-])cc3)cc2)cc1. The van der Waals surface area contributed by atoms with Gasteiger partial charge in [0.05, 0.1) is 28.5 Å². The summed E-state index contributed by atoms with van der Waals surface area (Å²) >= 11 is 0. The van der Waals surface area contributed by atoms with Gasteiger partial charge >= 0.3 is 5.97 Å². The quantitative estimate of drug-likeness (QED) is 0.0308. The summed E-state index contributed by atoms with van der Waals surface area (Å²) in [5.41, 5.74) is 1.48. The number of non-ortho nitro benzene ring substituents is 1. The molecule has 3 aromatic rings. The Kier molecular flexibility index (Phi) is 15.5. The lowest BCUT2D eigenvalue weighted by molar-refractivity contribution is -0.384. The van der Waals surface area contributed by atoms with Crippen molar-refractivity contribution in [1.82, 2.24) is 0 Å². The van der Waals surface area contributed by atoms with Crippen molar-refractivity contribution in [3.63, 3.8) is 0 Å². The first kappa shape index (κ1) is 33.4. The van der Waals surface area contributed by atoms with Crippen molar-refractivity contribution in [2.45, 2.75) is 96.8 Å². The van der Waals surface area contributed by atoms with Gasteiger partial charge in [-0.25, -0.2) is 4.79 Å². The second-order valence-electron chi connectivity index (χ2n) is 10.8. The van der Waals surface area contributed by atoms with Crippen LogP contribution < -0.4 is 9.47 Å². The number of hydrogen-bond acceptors (Lipinski definition) is 7. The summed E-state index contributed by atoms with van der Waals surface area (Å²) in [6.07, 6.45) is 18.6. The van der Waals surface area contributed by atoms with Crippen LogP contribution >= 0.6 is 0 Å². The normalized spacial score (nSPS) is 11.1. The molecule has 0 saturated carbocycles. The fourth-order valence-electron chi connectivity index (χ4n) is 4.68. The van der Waals surface area contributed by atoms with Gasteiger partial charge < -0.3 is 9.47 Å². The van der Waals surface area contributed by atoms with Gasteiger partial charge in [-0.1, -0.05) is 90.4 Å². The van der Waals surface area contributed by atoms with Crippen LogP contribution in [-0.2, 0) is 0 Å². The van der Waals surface area contributed by atoms with E-state index in [2.05, 4.69) is 17.2 Å². The highest BCUT2D eigenvalue weighted by Gasteiger charge is 2.09. The molecule has 0 aliphatic rings. The number of carbonyl (C=O) groups excluding carboxylic acids is 1. The molecule has 0 aromatic heterocycles. The van der Waals surface area contributed by atoms with E-state index in [9.17, 15) is 14.9 Å². The van der Waals surface area contributed by atoms with Crippen LogP contribution in [0.1, 0.15) is 107 Å². The molecule has 0 heterocycles. The number of esters is 1. The molecule has 0 amide bonds. The largest absolute Gasteiger partial charge is 0.494 e. The van der Waals surface area contributed by atoms with E-state index in [-0.39, 0.29) is 5.69 Å². The molecular formula is C35H45N3O5. The van der Waals surface area contributed by atoms with E-state index in [1.54, 1.807) is 48.5 Å². The molecular weight excluding hydrogens is 542 g/mol. The fraction of sp³-hybridized carbons (Fsp3) is 0.457. The zero-order chi connectivity index (χ0) is 30.5. The number of rotatable bonds is 21. The molecule has 8 nitrogen and oxygen atoms in total. The number of unbranched alkanes of at least 4 members (excludes halogenated alkanes) is 13. The van der Waals surface area contributed by atoms with Gasteiger partial charge in [0.15, 0.2) is 0 Å². The Morgan fingerprint density at radius 1 is 0.628 bits per heavy atom. The number of hydrogen-bond donors (Lipinski definition) is 0. The zero-order valence-corrected chi connectivity index (χ0v) is 25.4. The Morgan fingerprint density at radius 3 is 1.56 bits per heavy atom. The Balaban J connectivity index is 1.25. The summed E-state index contributed by atoms with van der Waals surface area (Å²) < 4.78 is 11.3. The molecule has 0 aliphatic heterocycles. The topological polar surface area (TPSA) is 103 Å². The highest BCUT2D eigenvalue weighted by atomic mass is 16.6. The molecule has 0 atom stereocenters. The Labute approximate surface area is 255 Å². The third-order valence-electron chi connectivity index (χ3n) is 7.25. The maximum atomic E-state index is 12.6. The monoisotopic (exact) mass is 587 g/mol. The van der Waals surface area contributed by atoms with Crippen LogP contribution in [0.25, 0.3) is 0 Å². The van der Waals surface area contributed by atoms with Crippen molar-refractivity contribution in [3.8, 4) is 11.5 Å². The van der Waals surface area contributed by atoms with Gasteiger partial charge in [-0.05, 0) is 67.1 Å². The van der Waals surface area contributed by atoms with E-state index < -0.39 is 10.9 Å². The minimum Gasteiger partial charge on any atom is -0.494 e. The molecule has 0 saturated heterocycles. The van der Waals surface area contributed by atoms with E-state index in [0.717, 1.165) is 12.2 Å². The lowest BCUT2D eigenvalue weighted by Crippen LogP contribution is -2.08. The molecule has 3 aromatic carbocycles. The van der Waals surface area contributed by atoms with Crippen molar-refractivity contribution < 1.29 is 19.2 Å². The minimum absolute atomic E-state index is 0.00694. The van der Waals surface area contributed by atoms with E-state index in [4.69, 9.17) is 9.47 Å². The predicted octanol–water partition coefficient (Wildman–Crippen LogP) is 11.1. The number of nitrogens with zero attached hydrogens (tertiary/aromatic N) is 3. The third kappa shape index (κ3) is 13.6. The van der Waals surface area contributed by atoms with E-state index in [1.807, 2.05) is 0 Å². The lowest BCUT2D eigenvalue weighted by Gasteiger charge is -2.08. The fourth-order valence-corrected chi connectivity index (χ4v) is 4.68. The van der Waals surface area contributed by atoms with Crippen LogP contribution in [0.5, 0.6) is 11.5 Å². The van der Waals surface area contributed by atoms with Gasteiger partial charge in [0.25, 0.3) is 5.69 Å². The maximum Gasteiger partial charge on any atom is 0.343 e. The lowest BCUT2D eigenvalue weighted by atomic mass is 10.0. The van der Waals surface area contributed by atoms with E-state index in [0.29, 0.717) is 29.3 Å². The second kappa shape index (κ2) is 19.9. The smallest absolute Gasteiger partial charge is 0.343 e. The zero-order valence-electron chi connectivity index (χ0n) is 25.4. The van der Waals surface area contributed by atoms with Crippen LogP contribution in [0, 0.1) is 10.1 Å². The molecule has 43 heavy (non-hydrogen) atoms. The molecule has 0 unspecified atom stereocenters. The van der Waals surface area contributed by atoms with Crippen molar-refractivity contribution >= 4 is 23.0 Å². The van der Waals surface area contributed by atoms with E-state index in [1.165, 1.54) is 108 Å². The second-order valence-corrected chi connectivity index (χ2v) is 10.8. The minimum atomic E-state index is -0.467. The molecule has 230 valence electrons. The molecule has 0 aliphatic carbocycles. The maximum absolute atomic E-state index is 12.6. The van der Waals surface area contributed by atoms with Gasteiger partial charge in [-0.2, -0.15) is 10.2 Å². The first-order chi connectivity index (χ1) is 21.0. The first-order valence-corrected chi connectivity index (χ1v) is 15.8. The third-order valence-corrected chi connectivity index (χ3v) is 7.25. The number of ether oxygens (including phenoxy) is 2. The van der Waals surface area contributed by atoms with Crippen LogP contribution in [0.3, 0.4) is 0 Å². The van der Waals surface area contributed by atoms with Gasteiger partial charge in [0.2, 0.25) is 0 Å². The number of carbonyl (C=O) groups is 1. The molecule has 0 N–H and O–H groups in total. The summed E-state index contributed by atoms with van der Waals surface area (Å²) in [5, 5.41) is 18.9. The van der Waals surface area contributed by atoms with E-state index >= 15 is 0 Å². The van der Waals surface area contributed by atoms with Crippen molar-refractivity contribution in [2.75, 3.05) is 6.61 Å². The number of nitro benzene ring substituents is 1. The summed E-state index contributed by atoms with van der Waals surface area (Å²) in [6.45, 7) is 2.94. The summed E-state index contributed by atoms with van der Waals surface area (Å²) in [5.74, 6) is 0.671. The standard InChI is InChI=1S/C35H45N3O5/c1-2-3-4-5-6-7-8-9-10-11-12-13-14-15-28-42-33-24-16-29(17-25-33)35(39)43-34-26-20-31(21-27-34)37-36-30-18-22-32(23-19-30)38(40)41/h16-27H,2-15,28H2,1H3. The molecule has 3 rings (SSSR count). The number of nitro groups is 1. The van der Waals surface area contributed by atoms with Crippen molar-refractivity contribution in [2.24, 2.45) is 10.2 Å². The summed E-state index contributed by atoms with van der Waals surface area (Å²) in [6, 6.07) is 19.4.